The zero-order valence-corrected chi connectivity index (χ0v) is 20.6. The summed E-state index contributed by atoms with van der Waals surface area (Å²) in [5, 5.41) is 0. The van der Waals surface area contributed by atoms with Crippen LogP contribution in [-0.2, 0) is 32.7 Å². The second-order valence-corrected chi connectivity index (χ2v) is 11.7. The minimum atomic E-state index is -5.63. The van der Waals surface area contributed by atoms with Gasteiger partial charge in [-0.05, 0) is 47.9 Å². The molecule has 0 aliphatic carbocycles. The summed E-state index contributed by atoms with van der Waals surface area (Å²) in [5.74, 6) is 0.496. The lowest BCUT2D eigenvalue weighted by Gasteiger charge is -2.14. The number of aromatic nitrogens is 2. The van der Waals surface area contributed by atoms with E-state index in [2.05, 4.69) is 9.97 Å². The van der Waals surface area contributed by atoms with Crippen LogP contribution in [0.4, 0.5) is 32.0 Å². The average molecular weight is 578 g/mol. The minimum absolute atomic E-state index is 0.201. The SMILES string of the molecule is O=S(=O)(Nc1ccccc1-c1ccc2nc(CCc3ccc(S(=O)(=O)C(F)(F)F)cc3)[nH]c2c1)C(F)(F)F. The van der Waals surface area contributed by atoms with Crippen molar-refractivity contribution >= 4 is 36.6 Å². The molecule has 0 spiro atoms. The number of para-hydroxylation sites is 1. The third kappa shape index (κ3) is 5.48. The lowest BCUT2D eigenvalue weighted by molar-refractivity contribution is -0.0439. The molecule has 0 bridgehead atoms. The van der Waals surface area contributed by atoms with Gasteiger partial charge in [0.1, 0.15) is 5.82 Å². The number of alkyl halides is 6. The van der Waals surface area contributed by atoms with Crippen LogP contribution in [0.2, 0.25) is 0 Å². The van der Waals surface area contributed by atoms with Crippen LogP contribution in [0.25, 0.3) is 22.2 Å². The van der Waals surface area contributed by atoms with E-state index in [1.165, 1.54) is 36.4 Å². The molecule has 38 heavy (non-hydrogen) atoms. The molecule has 0 amide bonds. The number of aryl methyl sites for hydroxylation is 2. The number of halogens is 6. The van der Waals surface area contributed by atoms with Crippen molar-refractivity contribution in [2.24, 2.45) is 0 Å². The molecule has 3 aromatic carbocycles. The molecule has 1 aromatic heterocycles. The standard InChI is InChI=1S/C23H17F6N3O4S2/c24-22(25,26)37(33,34)16-9-5-14(6-10-16)7-12-21-30-19-11-8-15(13-20(19)31-21)17-3-1-2-4-18(17)32-38(35,36)23(27,28)29/h1-6,8-11,13,32H,7,12H2,(H,30,31). The zero-order valence-electron chi connectivity index (χ0n) is 18.9. The maximum atomic E-state index is 12.8. The number of H-pyrrole nitrogens is 1. The van der Waals surface area contributed by atoms with E-state index in [1.54, 1.807) is 22.9 Å². The summed E-state index contributed by atoms with van der Waals surface area (Å²) in [5.41, 5.74) is -8.94. The van der Waals surface area contributed by atoms with Crippen molar-refractivity contribution in [3.8, 4) is 11.1 Å². The van der Waals surface area contributed by atoms with Crippen molar-refractivity contribution in [2.45, 2.75) is 28.8 Å². The van der Waals surface area contributed by atoms with Gasteiger partial charge in [0.05, 0.1) is 21.6 Å². The molecule has 0 unspecified atom stereocenters. The Kier molecular flexibility index (Phi) is 6.95. The summed E-state index contributed by atoms with van der Waals surface area (Å²) in [6, 6.07) is 14.6. The van der Waals surface area contributed by atoms with Gasteiger partial charge < -0.3 is 4.98 Å². The Hall–Kier alpha value is -3.59. The molecule has 0 saturated heterocycles. The Morgan fingerprint density at radius 2 is 1.45 bits per heavy atom. The molecule has 4 rings (SSSR count). The lowest BCUT2D eigenvalue weighted by atomic mass is 10.0. The van der Waals surface area contributed by atoms with Crippen LogP contribution >= 0.6 is 0 Å². The van der Waals surface area contributed by atoms with E-state index >= 15 is 0 Å². The number of sulfone groups is 1. The number of imidazole rings is 1. The average Bonchev–Trinajstić information content (AvgIpc) is 3.24. The Balaban J connectivity index is 1.54. The number of hydrogen-bond donors (Lipinski definition) is 2. The molecule has 0 fully saturated rings. The van der Waals surface area contributed by atoms with E-state index < -0.39 is 35.8 Å². The summed E-state index contributed by atoms with van der Waals surface area (Å²) in [6.45, 7) is 0. The predicted molar refractivity (Wildman–Crippen MR) is 127 cm³/mol. The van der Waals surface area contributed by atoms with E-state index in [4.69, 9.17) is 0 Å². The molecule has 0 radical (unpaired) electrons. The van der Waals surface area contributed by atoms with Crippen LogP contribution in [0.5, 0.6) is 0 Å². The largest absolute Gasteiger partial charge is 0.516 e. The first-order chi connectivity index (χ1) is 17.6. The van der Waals surface area contributed by atoms with Crippen LogP contribution in [-0.4, -0.2) is 37.8 Å². The fraction of sp³-hybridized carbons (Fsp3) is 0.174. The number of benzene rings is 3. The van der Waals surface area contributed by atoms with E-state index in [-0.39, 0.29) is 11.3 Å². The predicted octanol–water partition coefficient (Wildman–Crippen LogP) is 5.57. The normalized spacial score (nSPS) is 13.1. The van der Waals surface area contributed by atoms with Crippen molar-refractivity contribution in [3.63, 3.8) is 0 Å². The van der Waals surface area contributed by atoms with Gasteiger partial charge in [-0.2, -0.15) is 34.8 Å². The van der Waals surface area contributed by atoms with E-state index in [0.717, 1.165) is 12.1 Å². The van der Waals surface area contributed by atoms with Gasteiger partial charge in [0.15, 0.2) is 0 Å². The fourth-order valence-corrected chi connectivity index (χ4v) is 4.95. The Morgan fingerprint density at radius 1 is 0.789 bits per heavy atom. The molecule has 0 aliphatic rings. The Bertz CT molecular complexity index is 1700. The second kappa shape index (κ2) is 9.62. The molecule has 0 aliphatic heterocycles. The number of fused-ring (bicyclic) bond motifs is 1. The van der Waals surface area contributed by atoms with Gasteiger partial charge in [-0.3, -0.25) is 4.72 Å². The molecule has 1 heterocycles. The first-order valence-corrected chi connectivity index (χ1v) is 13.6. The summed E-state index contributed by atoms with van der Waals surface area (Å²) in [6.07, 6.45) is 0.637. The summed E-state index contributed by atoms with van der Waals surface area (Å²) >= 11 is 0. The maximum Gasteiger partial charge on any atom is 0.516 e. The molecule has 7 nitrogen and oxygen atoms in total. The highest BCUT2D eigenvalue weighted by atomic mass is 32.2. The quantitative estimate of drug-likeness (QED) is 0.279. The molecule has 15 heteroatoms. The molecular weight excluding hydrogens is 560 g/mol. The molecule has 2 N–H and O–H groups in total. The first kappa shape index (κ1) is 27.4. The van der Waals surface area contributed by atoms with Gasteiger partial charge >= 0.3 is 21.0 Å². The van der Waals surface area contributed by atoms with Crippen molar-refractivity contribution in [2.75, 3.05) is 4.72 Å². The second-order valence-electron chi connectivity index (χ2n) is 8.11. The van der Waals surface area contributed by atoms with Crippen LogP contribution in [0.3, 0.4) is 0 Å². The minimum Gasteiger partial charge on any atom is -0.342 e. The van der Waals surface area contributed by atoms with Gasteiger partial charge in [0, 0.05) is 12.0 Å². The number of rotatable bonds is 7. The lowest BCUT2D eigenvalue weighted by Crippen LogP contribution is -2.30. The number of nitrogens with one attached hydrogen (secondary N) is 2. The van der Waals surface area contributed by atoms with E-state index in [9.17, 15) is 43.2 Å². The Labute approximate surface area is 212 Å². The van der Waals surface area contributed by atoms with Crippen molar-refractivity contribution in [1.29, 1.82) is 0 Å². The monoisotopic (exact) mass is 577 g/mol. The van der Waals surface area contributed by atoms with Crippen LogP contribution in [0.15, 0.2) is 71.6 Å². The third-order valence-electron chi connectivity index (χ3n) is 5.51. The molecule has 0 saturated carbocycles. The van der Waals surface area contributed by atoms with Gasteiger partial charge in [-0.25, -0.2) is 13.4 Å². The van der Waals surface area contributed by atoms with Gasteiger partial charge in [0.2, 0.25) is 0 Å². The maximum absolute atomic E-state index is 12.8. The molecule has 4 aromatic rings. The molecule has 0 atom stereocenters. The highest BCUT2D eigenvalue weighted by Crippen LogP contribution is 2.34. The number of nitrogens with zero attached hydrogens (tertiary/aromatic N) is 1. The van der Waals surface area contributed by atoms with Crippen LogP contribution < -0.4 is 4.72 Å². The van der Waals surface area contributed by atoms with Crippen molar-refractivity contribution in [1.82, 2.24) is 9.97 Å². The Morgan fingerprint density at radius 3 is 2.08 bits per heavy atom. The number of sulfonamides is 1. The van der Waals surface area contributed by atoms with Crippen molar-refractivity contribution in [3.05, 3.63) is 78.1 Å². The highest BCUT2D eigenvalue weighted by Gasteiger charge is 2.47. The zero-order chi connectivity index (χ0) is 27.9. The summed E-state index contributed by atoms with van der Waals surface area (Å²) in [4.78, 5) is 6.60. The van der Waals surface area contributed by atoms with Crippen LogP contribution in [0.1, 0.15) is 11.4 Å². The van der Waals surface area contributed by atoms with Gasteiger partial charge in [-0.1, -0.05) is 36.4 Å². The van der Waals surface area contributed by atoms with Gasteiger partial charge in [0.25, 0.3) is 9.84 Å². The fourth-order valence-electron chi connectivity index (χ4n) is 3.61. The van der Waals surface area contributed by atoms with Crippen molar-refractivity contribution < 1.29 is 43.2 Å². The summed E-state index contributed by atoms with van der Waals surface area (Å²) < 4.78 is 124. The van der Waals surface area contributed by atoms with E-state index in [0.29, 0.717) is 40.8 Å². The molecular formula is C23H17F6N3O4S2. The number of anilines is 1. The topological polar surface area (TPSA) is 109 Å². The highest BCUT2D eigenvalue weighted by molar-refractivity contribution is 7.93. The van der Waals surface area contributed by atoms with Gasteiger partial charge in [-0.15, -0.1) is 0 Å². The molecule has 202 valence electrons. The number of aromatic amines is 1. The first-order valence-electron chi connectivity index (χ1n) is 10.7. The van der Waals surface area contributed by atoms with Crippen LogP contribution in [0, 0.1) is 0 Å². The smallest absolute Gasteiger partial charge is 0.342 e. The number of hydrogen-bond acceptors (Lipinski definition) is 5. The third-order valence-corrected chi connectivity index (χ3v) is 8.11. The summed E-state index contributed by atoms with van der Waals surface area (Å²) in [7, 11) is -11.1. The van der Waals surface area contributed by atoms with E-state index in [1.807, 2.05) is 0 Å².